The highest BCUT2D eigenvalue weighted by Gasteiger charge is 2.09. The number of benzene rings is 1. The zero-order chi connectivity index (χ0) is 20.7. The van der Waals surface area contributed by atoms with Crippen molar-refractivity contribution in [2.75, 3.05) is 39.8 Å². The first-order valence-electron chi connectivity index (χ1n) is 10.0. The molecule has 0 saturated heterocycles. The third-order valence-corrected chi connectivity index (χ3v) is 4.20. The van der Waals surface area contributed by atoms with E-state index in [1.165, 1.54) is 0 Å². The van der Waals surface area contributed by atoms with Crippen LogP contribution >= 0.6 is 24.0 Å². The number of hydrogen-bond donors (Lipinski definition) is 2. The van der Waals surface area contributed by atoms with Crippen LogP contribution in [-0.2, 0) is 11.2 Å². The average Bonchev–Trinajstić information content (AvgIpc) is 2.76. The quantitative estimate of drug-likeness (QED) is 0.204. The molecule has 0 fully saturated rings. The average molecular weight is 525 g/mol. The van der Waals surface area contributed by atoms with Crippen molar-refractivity contribution < 1.29 is 9.53 Å². The Hall–Kier alpha value is -2.36. The Morgan fingerprint density at radius 3 is 2.60 bits per heavy atom. The van der Waals surface area contributed by atoms with Crippen molar-refractivity contribution in [2.45, 2.75) is 19.8 Å². The summed E-state index contributed by atoms with van der Waals surface area (Å²) in [5, 5.41) is 6.40. The summed E-state index contributed by atoms with van der Waals surface area (Å²) in [5.74, 6) is 1.48. The summed E-state index contributed by atoms with van der Waals surface area (Å²) in [5.41, 5.74) is 0.975. The van der Waals surface area contributed by atoms with Gasteiger partial charge >= 0.3 is 0 Å². The van der Waals surface area contributed by atoms with E-state index in [0.717, 1.165) is 30.8 Å². The van der Waals surface area contributed by atoms with Gasteiger partial charge in [-0.3, -0.25) is 9.78 Å². The van der Waals surface area contributed by atoms with E-state index in [-0.39, 0.29) is 36.4 Å². The Balaban J connectivity index is 0.00000450. The molecule has 2 rings (SSSR count). The van der Waals surface area contributed by atoms with Crippen molar-refractivity contribution in [3.8, 4) is 5.75 Å². The monoisotopic (exact) mass is 525 g/mol. The lowest BCUT2D eigenvalue weighted by Crippen LogP contribution is -2.39. The van der Waals surface area contributed by atoms with Crippen LogP contribution in [0.15, 0.2) is 59.7 Å². The zero-order valence-electron chi connectivity index (χ0n) is 17.7. The van der Waals surface area contributed by atoms with Gasteiger partial charge in [-0.05, 0) is 37.6 Å². The molecule has 1 heterocycles. The number of aromatic nitrogens is 1. The van der Waals surface area contributed by atoms with E-state index in [2.05, 4.69) is 20.6 Å². The van der Waals surface area contributed by atoms with Crippen LogP contribution in [0.2, 0.25) is 0 Å². The molecule has 30 heavy (non-hydrogen) atoms. The molecule has 2 N–H and O–H groups in total. The second-order valence-electron chi connectivity index (χ2n) is 6.52. The van der Waals surface area contributed by atoms with Crippen LogP contribution in [0.3, 0.4) is 0 Å². The number of likely N-dealkylation sites (N-methyl/N-ethyl adjacent to an activating group) is 1. The molecule has 0 aliphatic heterocycles. The van der Waals surface area contributed by atoms with Crippen molar-refractivity contribution in [3.63, 3.8) is 0 Å². The van der Waals surface area contributed by atoms with Gasteiger partial charge in [0.25, 0.3) is 0 Å². The van der Waals surface area contributed by atoms with E-state index < -0.39 is 0 Å². The number of para-hydroxylation sites is 1. The summed E-state index contributed by atoms with van der Waals surface area (Å²) >= 11 is 0. The fourth-order valence-corrected chi connectivity index (χ4v) is 2.55. The smallest absolute Gasteiger partial charge is 0.244 e. The van der Waals surface area contributed by atoms with Crippen molar-refractivity contribution in [1.82, 2.24) is 20.5 Å². The number of amides is 1. The number of rotatable bonds is 11. The summed E-state index contributed by atoms with van der Waals surface area (Å²) in [6.07, 6.45) is 3.32. The predicted octanol–water partition coefficient (Wildman–Crippen LogP) is 2.72. The fourth-order valence-electron chi connectivity index (χ4n) is 2.55. The number of halogens is 1. The number of ether oxygens (including phenoxy) is 1. The number of nitrogens with one attached hydrogen (secondary N) is 2. The van der Waals surface area contributed by atoms with E-state index in [1.807, 2.05) is 55.5 Å². The minimum absolute atomic E-state index is 0. The van der Waals surface area contributed by atoms with Gasteiger partial charge in [-0.1, -0.05) is 24.3 Å². The Morgan fingerprint density at radius 2 is 1.90 bits per heavy atom. The minimum Gasteiger partial charge on any atom is -0.494 e. The Labute approximate surface area is 196 Å². The van der Waals surface area contributed by atoms with Gasteiger partial charge in [0, 0.05) is 45.0 Å². The third kappa shape index (κ3) is 10.4. The van der Waals surface area contributed by atoms with E-state index in [0.29, 0.717) is 25.7 Å². The Kier molecular flexibility index (Phi) is 13.2. The number of carbonyl (C=O) groups is 1. The Bertz CT molecular complexity index is 744. The summed E-state index contributed by atoms with van der Waals surface area (Å²) in [4.78, 5) is 22.7. The SMILES string of the molecule is CCNC(=NCC(=O)N(C)CCc1ccccn1)NCCCOc1ccccc1.I. The van der Waals surface area contributed by atoms with Crippen molar-refractivity contribution in [1.29, 1.82) is 0 Å². The summed E-state index contributed by atoms with van der Waals surface area (Å²) in [6, 6.07) is 15.5. The molecule has 1 amide bonds. The lowest BCUT2D eigenvalue weighted by Gasteiger charge is -2.16. The highest BCUT2D eigenvalue weighted by molar-refractivity contribution is 14.0. The molecule has 0 unspecified atom stereocenters. The lowest BCUT2D eigenvalue weighted by molar-refractivity contribution is -0.128. The third-order valence-electron chi connectivity index (χ3n) is 4.20. The highest BCUT2D eigenvalue weighted by Crippen LogP contribution is 2.08. The minimum atomic E-state index is -0.0226. The molecule has 0 spiro atoms. The molecule has 164 valence electrons. The molecule has 7 nitrogen and oxygen atoms in total. The largest absolute Gasteiger partial charge is 0.494 e. The maximum absolute atomic E-state index is 12.3. The Morgan fingerprint density at radius 1 is 1.13 bits per heavy atom. The van der Waals surface area contributed by atoms with Crippen LogP contribution in [0.25, 0.3) is 0 Å². The molecule has 0 aliphatic rings. The van der Waals surface area contributed by atoms with Gasteiger partial charge in [0.05, 0.1) is 6.61 Å². The highest BCUT2D eigenvalue weighted by atomic mass is 127. The van der Waals surface area contributed by atoms with Gasteiger partial charge in [0.15, 0.2) is 5.96 Å². The second kappa shape index (κ2) is 15.5. The molecule has 1 aromatic carbocycles. The first-order chi connectivity index (χ1) is 14.2. The van der Waals surface area contributed by atoms with Crippen molar-refractivity contribution in [3.05, 3.63) is 60.4 Å². The molecule has 0 aliphatic carbocycles. The number of hydrogen-bond acceptors (Lipinski definition) is 4. The number of carbonyl (C=O) groups excluding carboxylic acids is 1. The van der Waals surface area contributed by atoms with Gasteiger partial charge in [-0.25, -0.2) is 4.99 Å². The molecule has 0 saturated carbocycles. The topological polar surface area (TPSA) is 78.9 Å². The number of aliphatic imine (C=N–C) groups is 1. The van der Waals surface area contributed by atoms with E-state index in [9.17, 15) is 4.79 Å². The van der Waals surface area contributed by atoms with Crippen LogP contribution in [0.5, 0.6) is 5.75 Å². The number of pyridine rings is 1. The summed E-state index contributed by atoms with van der Waals surface area (Å²) < 4.78 is 5.67. The summed E-state index contributed by atoms with van der Waals surface area (Å²) in [7, 11) is 1.79. The predicted molar refractivity (Wildman–Crippen MR) is 132 cm³/mol. The molecule has 0 atom stereocenters. The van der Waals surface area contributed by atoms with Crippen LogP contribution < -0.4 is 15.4 Å². The van der Waals surface area contributed by atoms with Gasteiger partial charge in [0.2, 0.25) is 5.91 Å². The van der Waals surface area contributed by atoms with Gasteiger partial charge in [0.1, 0.15) is 12.3 Å². The van der Waals surface area contributed by atoms with E-state index in [1.54, 1.807) is 18.1 Å². The van der Waals surface area contributed by atoms with Crippen molar-refractivity contribution in [2.24, 2.45) is 4.99 Å². The molecule has 8 heteroatoms. The zero-order valence-corrected chi connectivity index (χ0v) is 20.0. The normalized spacial score (nSPS) is 10.7. The first-order valence-corrected chi connectivity index (χ1v) is 10.0. The van der Waals surface area contributed by atoms with Gasteiger partial charge in [-0.2, -0.15) is 0 Å². The standard InChI is InChI=1S/C22H31N5O2.HI/c1-3-23-22(25-15-9-17-29-20-11-5-4-6-12-20)26-18-21(28)27(2)16-13-19-10-7-8-14-24-19;/h4-8,10-12,14H,3,9,13,15-18H2,1-2H3,(H2,23,25,26);1H. The van der Waals surface area contributed by atoms with E-state index in [4.69, 9.17) is 4.74 Å². The maximum Gasteiger partial charge on any atom is 0.244 e. The molecule has 0 bridgehead atoms. The first kappa shape index (κ1) is 25.7. The van der Waals surface area contributed by atoms with Crippen molar-refractivity contribution >= 4 is 35.8 Å². The molecule has 2 aromatic rings. The second-order valence-corrected chi connectivity index (χ2v) is 6.52. The summed E-state index contributed by atoms with van der Waals surface area (Å²) in [6.45, 7) is 4.78. The lowest BCUT2D eigenvalue weighted by atomic mass is 10.2. The number of guanidine groups is 1. The van der Waals surface area contributed by atoms with E-state index >= 15 is 0 Å². The van der Waals surface area contributed by atoms with Crippen LogP contribution in [0.1, 0.15) is 19.0 Å². The van der Waals surface area contributed by atoms with Gasteiger partial charge < -0.3 is 20.3 Å². The maximum atomic E-state index is 12.3. The molecular formula is C22H32IN5O2. The molecule has 1 aromatic heterocycles. The number of nitrogens with zero attached hydrogens (tertiary/aromatic N) is 3. The van der Waals surface area contributed by atoms with Crippen LogP contribution in [0, 0.1) is 0 Å². The molecule has 0 radical (unpaired) electrons. The van der Waals surface area contributed by atoms with Crippen LogP contribution in [0.4, 0.5) is 0 Å². The van der Waals surface area contributed by atoms with Gasteiger partial charge in [-0.15, -0.1) is 24.0 Å². The fraction of sp³-hybridized carbons (Fsp3) is 0.409. The molecular weight excluding hydrogens is 493 g/mol. The van der Waals surface area contributed by atoms with Crippen LogP contribution in [-0.4, -0.2) is 61.6 Å².